The fraction of sp³-hybridized carbons (Fsp3) is 0.600. The van der Waals surface area contributed by atoms with Crippen LogP contribution in [0.25, 0.3) is 0 Å². The van der Waals surface area contributed by atoms with Gasteiger partial charge < -0.3 is 10.5 Å². The Labute approximate surface area is 121 Å². The highest BCUT2D eigenvalue weighted by molar-refractivity contribution is 7.91. The van der Waals surface area contributed by atoms with Crippen molar-refractivity contribution in [1.29, 1.82) is 0 Å². The second-order valence-corrected chi connectivity index (χ2v) is 7.73. The first kappa shape index (κ1) is 15.3. The molecule has 1 saturated carbocycles. The number of nitrogens with two attached hydrogens (primary N) is 1. The summed E-state index contributed by atoms with van der Waals surface area (Å²) in [6.07, 6.45) is 4.36. The average molecular weight is 297 g/mol. The minimum absolute atomic E-state index is 0.0100. The van der Waals surface area contributed by atoms with Crippen molar-refractivity contribution in [3.63, 3.8) is 0 Å². The highest BCUT2D eigenvalue weighted by atomic mass is 32.2. The summed E-state index contributed by atoms with van der Waals surface area (Å²) in [6.45, 7) is 0. The van der Waals surface area contributed by atoms with E-state index in [2.05, 4.69) is 0 Å². The number of ether oxygens (including phenoxy) is 1. The number of sulfone groups is 1. The van der Waals surface area contributed by atoms with Crippen molar-refractivity contribution in [3.05, 3.63) is 29.8 Å². The minimum Gasteiger partial charge on any atom is -0.496 e. The lowest BCUT2D eigenvalue weighted by molar-refractivity contribution is 0.407. The fourth-order valence-electron chi connectivity index (χ4n) is 2.94. The van der Waals surface area contributed by atoms with E-state index in [4.69, 9.17) is 10.5 Å². The van der Waals surface area contributed by atoms with E-state index in [1.807, 2.05) is 18.2 Å². The summed E-state index contributed by atoms with van der Waals surface area (Å²) >= 11 is 0. The zero-order chi connectivity index (χ0) is 14.6. The van der Waals surface area contributed by atoms with Crippen LogP contribution in [-0.2, 0) is 9.84 Å². The highest BCUT2D eigenvalue weighted by Gasteiger charge is 2.25. The molecule has 0 radical (unpaired) electrons. The van der Waals surface area contributed by atoms with Gasteiger partial charge in [0, 0.05) is 11.6 Å². The SMILES string of the molecule is COc1ccccc1C(N)CS(=O)(=O)CC1CCCC1. The summed E-state index contributed by atoms with van der Waals surface area (Å²) in [6, 6.07) is 6.80. The number of para-hydroxylation sites is 1. The standard InChI is InChI=1S/C15H23NO3S/c1-19-15-9-5-4-8-13(15)14(16)11-20(17,18)10-12-6-2-3-7-12/h4-5,8-9,12,14H,2-3,6-7,10-11,16H2,1H3. The summed E-state index contributed by atoms with van der Waals surface area (Å²) in [5, 5.41) is 0. The molecule has 2 N–H and O–H groups in total. The first-order chi connectivity index (χ1) is 9.52. The number of rotatable bonds is 6. The molecule has 0 saturated heterocycles. The Morgan fingerprint density at radius 1 is 1.30 bits per heavy atom. The Kier molecular flexibility index (Phi) is 5.05. The Bertz CT molecular complexity index is 536. The van der Waals surface area contributed by atoms with E-state index in [0.29, 0.717) is 11.7 Å². The van der Waals surface area contributed by atoms with Gasteiger partial charge in [-0.2, -0.15) is 0 Å². The molecule has 0 aliphatic heterocycles. The molecule has 1 aliphatic rings. The maximum absolute atomic E-state index is 12.2. The lowest BCUT2D eigenvalue weighted by Crippen LogP contribution is -2.26. The van der Waals surface area contributed by atoms with Crippen molar-refractivity contribution in [2.45, 2.75) is 31.7 Å². The monoisotopic (exact) mass is 297 g/mol. The van der Waals surface area contributed by atoms with Gasteiger partial charge in [-0.1, -0.05) is 31.0 Å². The van der Waals surface area contributed by atoms with Gasteiger partial charge in [0.05, 0.1) is 18.6 Å². The van der Waals surface area contributed by atoms with E-state index in [1.165, 1.54) is 0 Å². The summed E-state index contributed by atoms with van der Waals surface area (Å²) in [5.74, 6) is 1.24. The van der Waals surface area contributed by atoms with Crippen LogP contribution in [0.2, 0.25) is 0 Å². The van der Waals surface area contributed by atoms with Gasteiger partial charge in [0.2, 0.25) is 0 Å². The van der Waals surface area contributed by atoms with Crippen LogP contribution >= 0.6 is 0 Å². The fourth-order valence-corrected chi connectivity index (χ4v) is 4.85. The molecule has 20 heavy (non-hydrogen) atoms. The van der Waals surface area contributed by atoms with Crippen molar-refractivity contribution in [2.24, 2.45) is 11.7 Å². The van der Waals surface area contributed by atoms with Crippen LogP contribution in [0.4, 0.5) is 0 Å². The van der Waals surface area contributed by atoms with Crippen molar-refractivity contribution < 1.29 is 13.2 Å². The molecule has 1 unspecified atom stereocenters. The van der Waals surface area contributed by atoms with Gasteiger partial charge in [-0.05, 0) is 24.8 Å². The molecule has 2 rings (SSSR count). The molecule has 1 atom stereocenters. The van der Waals surface area contributed by atoms with Gasteiger partial charge in [-0.15, -0.1) is 0 Å². The molecule has 0 spiro atoms. The third kappa shape index (κ3) is 3.96. The Hall–Kier alpha value is -1.07. The molecule has 112 valence electrons. The number of methoxy groups -OCH3 is 1. The number of hydrogen-bond acceptors (Lipinski definition) is 4. The second kappa shape index (κ2) is 6.59. The van der Waals surface area contributed by atoms with Crippen molar-refractivity contribution >= 4 is 9.84 Å². The van der Waals surface area contributed by atoms with Crippen LogP contribution in [0.5, 0.6) is 5.75 Å². The summed E-state index contributed by atoms with van der Waals surface area (Å²) in [5.41, 5.74) is 6.83. The Morgan fingerprint density at radius 2 is 1.95 bits per heavy atom. The van der Waals surface area contributed by atoms with Crippen LogP contribution < -0.4 is 10.5 Å². The quantitative estimate of drug-likeness (QED) is 0.874. The van der Waals surface area contributed by atoms with Crippen LogP contribution in [0.3, 0.4) is 0 Å². The molecule has 0 heterocycles. The molecule has 0 amide bonds. The van der Waals surface area contributed by atoms with E-state index < -0.39 is 15.9 Å². The molecule has 0 aromatic heterocycles. The largest absolute Gasteiger partial charge is 0.496 e. The van der Waals surface area contributed by atoms with E-state index >= 15 is 0 Å². The topological polar surface area (TPSA) is 69.4 Å². The summed E-state index contributed by atoms with van der Waals surface area (Å²) < 4.78 is 29.7. The molecule has 1 aromatic rings. The molecule has 5 heteroatoms. The third-order valence-corrected chi connectivity index (χ3v) is 5.78. The van der Waals surface area contributed by atoms with E-state index in [1.54, 1.807) is 13.2 Å². The normalized spacial score (nSPS) is 18.1. The van der Waals surface area contributed by atoms with Gasteiger partial charge in [0.15, 0.2) is 9.84 Å². The smallest absolute Gasteiger partial charge is 0.152 e. The van der Waals surface area contributed by atoms with Gasteiger partial charge in [0.25, 0.3) is 0 Å². The lowest BCUT2D eigenvalue weighted by Gasteiger charge is -2.17. The molecular weight excluding hydrogens is 274 g/mol. The minimum atomic E-state index is -3.12. The van der Waals surface area contributed by atoms with Gasteiger partial charge >= 0.3 is 0 Å². The van der Waals surface area contributed by atoms with E-state index in [0.717, 1.165) is 31.2 Å². The van der Waals surface area contributed by atoms with Crippen LogP contribution in [0, 0.1) is 5.92 Å². The first-order valence-corrected chi connectivity index (χ1v) is 8.93. The van der Waals surface area contributed by atoms with Gasteiger partial charge in [-0.3, -0.25) is 0 Å². The maximum atomic E-state index is 12.2. The predicted octanol–water partition coefficient (Wildman–Crippen LogP) is 2.30. The Balaban J connectivity index is 2.04. The first-order valence-electron chi connectivity index (χ1n) is 7.11. The molecule has 0 bridgehead atoms. The van der Waals surface area contributed by atoms with Crippen LogP contribution in [0.15, 0.2) is 24.3 Å². The zero-order valence-electron chi connectivity index (χ0n) is 11.9. The molecular formula is C15H23NO3S. The van der Waals surface area contributed by atoms with Gasteiger partial charge in [0.1, 0.15) is 5.75 Å². The molecule has 1 aromatic carbocycles. The van der Waals surface area contributed by atoms with Crippen LogP contribution in [-0.4, -0.2) is 27.0 Å². The Morgan fingerprint density at radius 3 is 2.60 bits per heavy atom. The number of benzene rings is 1. The predicted molar refractivity (Wildman–Crippen MR) is 80.5 cm³/mol. The third-order valence-electron chi connectivity index (χ3n) is 3.94. The highest BCUT2D eigenvalue weighted by Crippen LogP contribution is 2.28. The number of hydrogen-bond donors (Lipinski definition) is 1. The van der Waals surface area contributed by atoms with E-state index in [9.17, 15) is 8.42 Å². The summed E-state index contributed by atoms with van der Waals surface area (Å²) in [4.78, 5) is 0. The summed E-state index contributed by atoms with van der Waals surface area (Å²) in [7, 11) is -1.55. The average Bonchev–Trinajstić information content (AvgIpc) is 2.90. The lowest BCUT2D eigenvalue weighted by atomic mass is 10.1. The molecule has 1 aliphatic carbocycles. The van der Waals surface area contributed by atoms with Crippen LogP contribution in [0.1, 0.15) is 37.3 Å². The van der Waals surface area contributed by atoms with E-state index in [-0.39, 0.29) is 11.5 Å². The second-order valence-electron chi connectivity index (χ2n) is 5.58. The maximum Gasteiger partial charge on any atom is 0.152 e. The van der Waals surface area contributed by atoms with Crippen molar-refractivity contribution in [3.8, 4) is 5.75 Å². The van der Waals surface area contributed by atoms with Gasteiger partial charge in [-0.25, -0.2) is 8.42 Å². The molecule has 4 nitrogen and oxygen atoms in total. The molecule has 1 fully saturated rings. The van der Waals surface area contributed by atoms with Crippen molar-refractivity contribution in [2.75, 3.05) is 18.6 Å². The van der Waals surface area contributed by atoms with Crippen molar-refractivity contribution in [1.82, 2.24) is 0 Å². The zero-order valence-corrected chi connectivity index (χ0v) is 12.7.